The van der Waals surface area contributed by atoms with Crippen molar-refractivity contribution >= 4 is 35.3 Å². The van der Waals surface area contributed by atoms with Crippen molar-refractivity contribution in [3.63, 3.8) is 0 Å². The molecule has 1 aromatic carbocycles. The molecule has 0 saturated heterocycles. The summed E-state index contributed by atoms with van der Waals surface area (Å²) < 4.78 is 0. The molecule has 1 aromatic rings. The molecule has 6 N–H and O–H groups in total. The van der Waals surface area contributed by atoms with E-state index in [-0.39, 0.29) is 47.9 Å². The van der Waals surface area contributed by atoms with E-state index in [1.807, 2.05) is 0 Å². The molecule has 0 spiro atoms. The van der Waals surface area contributed by atoms with Gasteiger partial charge >= 0.3 is 0 Å². The Kier molecular flexibility index (Phi) is 6.74. The molecule has 3 saturated carbocycles. The van der Waals surface area contributed by atoms with Crippen LogP contribution < -0.4 is 5.73 Å². The molecule has 0 bridgehead atoms. The summed E-state index contributed by atoms with van der Waals surface area (Å²) in [5.41, 5.74) is 1.08. The number of allylic oxidation sites excluding steroid dienone is 1. The van der Waals surface area contributed by atoms with E-state index < -0.39 is 87.4 Å². The van der Waals surface area contributed by atoms with Crippen LogP contribution in [0.25, 0.3) is 0 Å². The molecule has 234 valence electrons. The summed E-state index contributed by atoms with van der Waals surface area (Å²) in [7, 11) is 0. The lowest BCUT2D eigenvalue weighted by Crippen LogP contribution is -2.79. The number of Topliss-reactive ketones (excluding diaryl/α,β-unsaturated/α-hetero) is 4. The van der Waals surface area contributed by atoms with Gasteiger partial charge in [0.05, 0.1) is 35.3 Å². The average molecular weight is 607 g/mol. The monoisotopic (exact) mass is 606 g/mol. The van der Waals surface area contributed by atoms with Crippen molar-refractivity contribution in [2.45, 2.75) is 64.8 Å². The standard InChI is InChI=1S/C33H38N2O9/c1-13(2)21-27(40)20(30(34)43)28(41)33(44)29(42)22-26(39)19-15(10-31(22,3)12-32(21,33)4)6-5-14(23(19)36)9-17-24(37)16-7-8-35-11-18(16)25(17)38/h5-8,11,13,16-18,20-22,27,29,36,40,42,44H,9-10,12H2,1-4H3,(H2,34,43)/t16?,17?,18?,20-,21+,22-,27?,29?,31-,32-,33+/m1/s1. The first-order chi connectivity index (χ1) is 20.5. The number of hydrogen-bond acceptors (Lipinski definition) is 10. The molecule has 11 atom stereocenters. The van der Waals surface area contributed by atoms with Crippen molar-refractivity contribution in [3.8, 4) is 5.75 Å². The van der Waals surface area contributed by atoms with E-state index in [0.717, 1.165) is 0 Å². The molecule has 3 fully saturated rings. The number of phenolic OH excluding ortho intramolecular Hbond substituents is 1. The van der Waals surface area contributed by atoms with Crippen molar-refractivity contribution in [2.75, 3.05) is 0 Å². The Morgan fingerprint density at radius 1 is 1.09 bits per heavy atom. The first-order valence-corrected chi connectivity index (χ1v) is 15.1. The van der Waals surface area contributed by atoms with Crippen molar-refractivity contribution in [1.82, 2.24) is 0 Å². The van der Waals surface area contributed by atoms with Crippen LogP contribution in [0.2, 0.25) is 0 Å². The number of carbonyl (C=O) groups excluding carboxylic acids is 5. The van der Waals surface area contributed by atoms with Crippen LogP contribution in [-0.4, -0.2) is 73.5 Å². The van der Waals surface area contributed by atoms with Gasteiger partial charge in [0.25, 0.3) is 0 Å². The molecule has 4 aliphatic carbocycles. The zero-order valence-electron chi connectivity index (χ0n) is 25.1. The number of nitrogens with zero attached hydrogens (tertiary/aromatic N) is 1. The fourth-order valence-electron chi connectivity index (χ4n) is 9.78. The molecule has 1 amide bonds. The number of ketones is 4. The van der Waals surface area contributed by atoms with Crippen LogP contribution in [0.5, 0.6) is 5.75 Å². The van der Waals surface area contributed by atoms with Crippen LogP contribution in [0.4, 0.5) is 0 Å². The van der Waals surface area contributed by atoms with Gasteiger partial charge in [-0.2, -0.15) is 0 Å². The maximum Gasteiger partial charge on any atom is 0.230 e. The largest absolute Gasteiger partial charge is 0.507 e. The molecule has 11 heteroatoms. The van der Waals surface area contributed by atoms with Crippen LogP contribution in [0.15, 0.2) is 29.4 Å². The predicted octanol–water partition coefficient (Wildman–Crippen LogP) is 0.714. The predicted molar refractivity (Wildman–Crippen MR) is 155 cm³/mol. The minimum atomic E-state index is -2.60. The first kappa shape index (κ1) is 30.5. The fourth-order valence-corrected chi connectivity index (χ4v) is 9.78. The second-order valence-electron chi connectivity index (χ2n) is 14.3. The van der Waals surface area contributed by atoms with E-state index >= 15 is 0 Å². The van der Waals surface area contributed by atoms with Gasteiger partial charge in [-0.05, 0) is 47.6 Å². The number of rotatable bonds is 4. The Balaban J connectivity index is 1.42. The second-order valence-corrected chi connectivity index (χ2v) is 14.3. The third kappa shape index (κ3) is 3.72. The summed E-state index contributed by atoms with van der Waals surface area (Å²) in [5, 5.41) is 46.8. The maximum absolute atomic E-state index is 14.3. The fraction of sp³-hybridized carbons (Fsp3) is 0.576. The number of carbonyl (C=O) groups is 5. The van der Waals surface area contributed by atoms with Gasteiger partial charge in [0.2, 0.25) is 5.91 Å². The molecule has 5 aliphatic rings. The molecular weight excluding hydrogens is 568 g/mol. The number of aromatic hydroxyl groups is 1. The number of phenols is 1. The van der Waals surface area contributed by atoms with Crippen LogP contribution in [0.3, 0.4) is 0 Å². The Morgan fingerprint density at radius 2 is 1.75 bits per heavy atom. The lowest BCUT2D eigenvalue weighted by Gasteiger charge is -2.66. The Labute approximate surface area is 254 Å². The molecular formula is C33H38N2O9. The quantitative estimate of drug-likeness (QED) is 0.306. The molecule has 11 nitrogen and oxygen atoms in total. The third-order valence-electron chi connectivity index (χ3n) is 11.5. The van der Waals surface area contributed by atoms with Gasteiger partial charge in [-0.1, -0.05) is 45.9 Å². The zero-order valence-corrected chi connectivity index (χ0v) is 25.1. The maximum atomic E-state index is 14.3. The highest BCUT2D eigenvalue weighted by Gasteiger charge is 2.75. The normalized spacial score (nSPS) is 42.6. The summed E-state index contributed by atoms with van der Waals surface area (Å²) >= 11 is 0. The van der Waals surface area contributed by atoms with Gasteiger partial charge in [-0.3, -0.25) is 29.0 Å². The highest BCUT2D eigenvalue weighted by atomic mass is 16.4. The molecule has 1 aliphatic heterocycles. The highest BCUT2D eigenvalue weighted by Crippen LogP contribution is 2.65. The van der Waals surface area contributed by atoms with E-state index in [4.69, 9.17) is 5.73 Å². The first-order valence-electron chi connectivity index (χ1n) is 15.1. The number of benzene rings is 1. The number of nitrogens with two attached hydrogens (primary N) is 1. The zero-order chi connectivity index (χ0) is 32.3. The van der Waals surface area contributed by atoms with Gasteiger partial charge in [-0.25, -0.2) is 0 Å². The summed E-state index contributed by atoms with van der Waals surface area (Å²) in [6.45, 7) is 6.95. The van der Waals surface area contributed by atoms with Gasteiger partial charge in [-0.15, -0.1) is 0 Å². The van der Waals surface area contributed by atoms with E-state index in [1.54, 1.807) is 45.9 Å². The minimum Gasteiger partial charge on any atom is -0.507 e. The lowest BCUT2D eigenvalue weighted by molar-refractivity contribution is -0.265. The minimum absolute atomic E-state index is 0.0476. The Morgan fingerprint density at radius 3 is 2.36 bits per heavy atom. The summed E-state index contributed by atoms with van der Waals surface area (Å²) in [4.78, 5) is 70.6. The number of aliphatic hydroxyl groups is 3. The number of amides is 1. The molecule has 0 radical (unpaired) electrons. The van der Waals surface area contributed by atoms with E-state index in [1.165, 1.54) is 12.4 Å². The highest BCUT2D eigenvalue weighted by molar-refractivity contribution is 6.18. The number of hydrogen-bond donors (Lipinski definition) is 5. The Hall–Kier alpha value is -3.54. The van der Waals surface area contributed by atoms with Crippen molar-refractivity contribution in [2.24, 2.45) is 63.0 Å². The Bertz CT molecular complexity index is 1550. The van der Waals surface area contributed by atoms with Crippen molar-refractivity contribution in [1.29, 1.82) is 0 Å². The van der Waals surface area contributed by atoms with Crippen LogP contribution in [-0.2, 0) is 32.0 Å². The summed E-state index contributed by atoms with van der Waals surface area (Å²) in [5.74, 6) is -10.6. The van der Waals surface area contributed by atoms with Crippen molar-refractivity contribution < 1.29 is 44.4 Å². The second kappa shape index (κ2) is 9.73. The topological polar surface area (TPSA) is 205 Å². The van der Waals surface area contributed by atoms with E-state index in [9.17, 15) is 44.4 Å². The average Bonchev–Trinajstić information content (AvgIpc) is 3.16. The number of primary amides is 1. The molecule has 0 aromatic heterocycles. The SMILES string of the molecule is CC(C)[C@H]1C(O)[C@@H](C(N)=O)C(=O)[C@]2(O)C(O)[C@H]3C(=O)c4c(ccc(CC5C(=O)C6C=CN=CC6C5=O)c4O)C[C@]3(C)C[C@]12C. The third-order valence-corrected chi connectivity index (χ3v) is 11.5. The number of aliphatic hydroxyl groups excluding tert-OH is 2. The smallest absolute Gasteiger partial charge is 0.230 e. The number of fused-ring (bicyclic) bond motifs is 4. The van der Waals surface area contributed by atoms with Gasteiger partial charge < -0.3 is 26.2 Å². The van der Waals surface area contributed by atoms with Crippen molar-refractivity contribution in [3.05, 3.63) is 41.1 Å². The molecule has 6 rings (SSSR count). The summed E-state index contributed by atoms with van der Waals surface area (Å²) in [6.07, 6.45) is 1.14. The van der Waals surface area contributed by atoms with E-state index in [2.05, 4.69) is 4.99 Å². The number of aliphatic imine (C=N–C) groups is 1. The molecule has 1 heterocycles. The van der Waals surface area contributed by atoms with Gasteiger partial charge in [0.15, 0.2) is 28.7 Å². The van der Waals surface area contributed by atoms with Gasteiger partial charge in [0.1, 0.15) is 17.8 Å². The lowest BCUT2D eigenvalue weighted by atomic mass is 9.39. The molecule has 44 heavy (non-hydrogen) atoms. The van der Waals surface area contributed by atoms with Crippen LogP contribution in [0.1, 0.15) is 55.6 Å². The van der Waals surface area contributed by atoms with Crippen LogP contribution >= 0.6 is 0 Å². The molecule has 5 unspecified atom stereocenters. The summed E-state index contributed by atoms with van der Waals surface area (Å²) in [6, 6.07) is 3.26. The van der Waals surface area contributed by atoms with E-state index in [0.29, 0.717) is 5.56 Å². The van der Waals surface area contributed by atoms with Gasteiger partial charge in [0, 0.05) is 17.8 Å². The van der Waals surface area contributed by atoms with Crippen LogP contribution in [0, 0.1) is 52.3 Å².